The van der Waals surface area contributed by atoms with E-state index >= 15 is 0 Å². The molecule has 5 heterocycles. The predicted molar refractivity (Wildman–Crippen MR) is 204 cm³/mol. The molecule has 2 unspecified atom stereocenters. The van der Waals surface area contributed by atoms with Crippen molar-refractivity contribution in [2.75, 3.05) is 25.1 Å². The average Bonchev–Trinajstić information content (AvgIpc) is 3.82. The summed E-state index contributed by atoms with van der Waals surface area (Å²) >= 11 is 0. The number of aliphatic hydroxyl groups is 1. The van der Waals surface area contributed by atoms with Crippen molar-refractivity contribution < 1.29 is 51.2 Å². The van der Waals surface area contributed by atoms with E-state index in [9.17, 15) is 28.7 Å². The minimum Gasteiger partial charge on any atom is -0.408 e. The zero-order valence-electron chi connectivity index (χ0n) is 32.5. The van der Waals surface area contributed by atoms with Crippen molar-refractivity contribution in [3.8, 4) is 6.07 Å². The van der Waals surface area contributed by atoms with E-state index in [4.69, 9.17) is 32.5 Å². The molecule has 310 valence electrons. The molecule has 0 aromatic carbocycles. The summed E-state index contributed by atoms with van der Waals surface area (Å²) < 4.78 is 65.2. The van der Waals surface area contributed by atoms with E-state index in [-0.39, 0.29) is 61.4 Å². The smallest absolute Gasteiger partial charge is 0.408 e. The lowest BCUT2D eigenvalue weighted by molar-refractivity contribution is -0.118. The maximum Gasteiger partial charge on any atom is 0.695 e. The largest absolute Gasteiger partial charge is 0.695 e. The molecule has 6 atom stereocenters. The maximum absolute atomic E-state index is 14.1. The Morgan fingerprint density at radius 1 is 1.18 bits per heavy atom. The first kappa shape index (κ1) is 44.2. The Balaban J connectivity index is 1.44. The number of ether oxygens (including phenoxy) is 1. The van der Waals surface area contributed by atoms with Crippen LogP contribution >= 0.6 is 16.1 Å². The molecule has 25 heteroatoms. The van der Waals surface area contributed by atoms with Crippen LogP contribution in [0.4, 0.5) is 5.95 Å². The first-order valence-corrected chi connectivity index (χ1v) is 23.5. The van der Waals surface area contributed by atoms with Crippen LogP contribution in [0.2, 0.25) is 18.1 Å². The SMILES string of the molecule is CC(C)C(=O)Nc1nc2c(ncn2[C@@H]2O[C@H](COP(=O)(OCCC#N)OCCCn3c(CO)nc4cncnc43)[C@@H](O[Si](C)(C)C(C)(C)C)[C@H]2O[P+](=O)O)c(=O)[nH]1. The number of amides is 1. The number of aryl methyl sites for hydroxylation is 1. The second-order valence-corrected chi connectivity index (χ2v) is 22.0. The summed E-state index contributed by atoms with van der Waals surface area (Å²) in [6.45, 7) is 12.1. The third kappa shape index (κ3) is 10.4. The molecular formula is C32H47N10O12P2Si+. The molecule has 4 aromatic heterocycles. The predicted octanol–water partition coefficient (Wildman–Crippen LogP) is 3.83. The molecule has 1 amide bonds. The van der Waals surface area contributed by atoms with Gasteiger partial charge in [0.2, 0.25) is 11.9 Å². The van der Waals surface area contributed by atoms with Crippen molar-refractivity contribution in [3.05, 3.63) is 35.0 Å². The Hall–Kier alpha value is -3.91. The quantitative estimate of drug-likeness (QED) is 0.0592. The number of hydrogen-bond acceptors (Lipinski definition) is 17. The van der Waals surface area contributed by atoms with Gasteiger partial charge in [-0.3, -0.25) is 38.0 Å². The number of nitrogens with one attached hydrogen (secondary N) is 2. The summed E-state index contributed by atoms with van der Waals surface area (Å²) in [6, 6.07) is 1.91. The van der Waals surface area contributed by atoms with Gasteiger partial charge in [-0.05, 0) is 24.6 Å². The van der Waals surface area contributed by atoms with Gasteiger partial charge in [-0.2, -0.15) is 10.2 Å². The number of phosphoric ester groups is 1. The van der Waals surface area contributed by atoms with Crippen molar-refractivity contribution in [1.82, 2.24) is 39.0 Å². The first-order chi connectivity index (χ1) is 26.9. The number of fused-ring (bicyclic) bond motifs is 2. The molecule has 0 spiro atoms. The van der Waals surface area contributed by atoms with Crippen LogP contribution < -0.4 is 10.9 Å². The summed E-state index contributed by atoms with van der Waals surface area (Å²) in [7, 11) is -10.4. The molecule has 0 aliphatic carbocycles. The van der Waals surface area contributed by atoms with Gasteiger partial charge in [0.05, 0.1) is 44.8 Å². The van der Waals surface area contributed by atoms with E-state index in [1.807, 2.05) is 39.9 Å². The molecule has 57 heavy (non-hydrogen) atoms. The van der Waals surface area contributed by atoms with Crippen LogP contribution in [0.1, 0.15) is 59.5 Å². The summed E-state index contributed by atoms with van der Waals surface area (Å²) in [4.78, 5) is 59.1. The molecule has 22 nitrogen and oxygen atoms in total. The normalized spacial score (nSPS) is 20.3. The van der Waals surface area contributed by atoms with Crippen LogP contribution in [0.3, 0.4) is 0 Å². The molecule has 0 radical (unpaired) electrons. The maximum atomic E-state index is 14.1. The number of aromatic nitrogens is 8. The van der Waals surface area contributed by atoms with Crippen LogP contribution in [0.5, 0.6) is 0 Å². The van der Waals surface area contributed by atoms with Gasteiger partial charge in [-0.15, -0.1) is 9.42 Å². The molecule has 1 fully saturated rings. The second-order valence-electron chi connectivity index (χ2n) is 14.8. The minimum atomic E-state index is -4.43. The zero-order valence-corrected chi connectivity index (χ0v) is 35.3. The van der Waals surface area contributed by atoms with Gasteiger partial charge >= 0.3 is 16.1 Å². The third-order valence-corrected chi connectivity index (χ3v) is 15.8. The number of phosphoric acid groups is 1. The zero-order chi connectivity index (χ0) is 41.7. The molecule has 5 rings (SSSR count). The van der Waals surface area contributed by atoms with Gasteiger partial charge in [-0.25, -0.2) is 24.5 Å². The van der Waals surface area contributed by atoms with Gasteiger partial charge in [0.1, 0.15) is 36.5 Å². The Bertz CT molecular complexity index is 2220. The highest BCUT2D eigenvalue weighted by Crippen LogP contribution is 2.51. The minimum absolute atomic E-state index is 0.0486. The number of aliphatic hydroxyl groups excluding tert-OH is 1. The topological polar surface area (TPSA) is 290 Å². The molecule has 1 saturated heterocycles. The Kier molecular flexibility index (Phi) is 14.2. The van der Waals surface area contributed by atoms with Gasteiger partial charge < -0.3 is 18.8 Å². The van der Waals surface area contributed by atoms with Crippen LogP contribution in [0.15, 0.2) is 23.6 Å². The van der Waals surface area contributed by atoms with Crippen molar-refractivity contribution in [2.24, 2.45) is 5.92 Å². The molecule has 1 aliphatic rings. The number of nitrogens with zero attached hydrogens (tertiary/aromatic N) is 8. The summed E-state index contributed by atoms with van der Waals surface area (Å²) in [5.74, 6) is -0.668. The van der Waals surface area contributed by atoms with Crippen LogP contribution in [0.25, 0.3) is 22.3 Å². The van der Waals surface area contributed by atoms with E-state index < -0.39 is 72.9 Å². The Morgan fingerprint density at radius 2 is 1.91 bits per heavy atom. The molecule has 4 N–H and O–H groups in total. The fraction of sp³-hybridized carbons (Fsp3) is 0.625. The van der Waals surface area contributed by atoms with E-state index in [1.165, 1.54) is 23.4 Å². The molecule has 1 aliphatic heterocycles. The van der Waals surface area contributed by atoms with E-state index in [2.05, 4.69) is 35.2 Å². The first-order valence-electron chi connectivity index (χ1n) is 18.0. The van der Waals surface area contributed by atoms with Crippen LogP contribution in [0, 0.1) is 17.2 Å². The standard InChI is InChI=1S/C32H46N10O12P2Si/c1-19(2)28(44)39-31-38-27-23(29(45)40-31)36-18-42(27)30-25(53-55(46)47)24(54-57(6,7)32(3,4)5)21(52-30)16-51-56(48,49-12-8-10-33)50-13-9-11-41-22(15-43)37-20-14-34-17-35-26(20)41/h14,17-19,21,24-25,30,43H,8-9,11-13,15-16H2,1-7H3,(H2-,38,39,40,44,45,46,47)/p+1/t21-,24-,25-,30-,56?/m1/s1. The fourth-order valence-electron chi connectivity index (χ4n) is 5.53. The average molecular weight is 854 g/mol. The van der Waals surface area contributed by atoms with Gasteiger partial charge in [-0.1, -0.05) is 34.6 Å². The monoisotopic (exact) mass is 853 g/mol. The van der Waals surface area contributed by atoms with Gasteiger partial charge in [0, 0.05) is 17.0 Å². The number of imidazole rings is 2. The Morgan fingerprint density at radius 3 is 2.58 bits per heavy atom. The van der Waals surface area contributed by atoms with Crippen molar-refractivity contribution in [2.45, 2.75) is 103 Å². The lowest BCUT2D eigenvalue weighted by Gasteiger charge is -2.39. The molecular weight excluding hydrogens is 806 g/mol. The number of carbonyl (C=O) groups is 1. The highest BCUT2D eigenvalue weighted by atomic mass is 31.2. The molecule has 0 saturated carbocycles. The summed E-state index contributed by atoms with van der Waals surface area (Å²) in [6.07, 6.45) is -0.746. The van der Waals surface area contributed by atoms with E-state index in [0.717, 1.165) is 0 Å². The number of H-pyrrole nitrogens is 1. The van der Waals surface area contributed by atoms with Crippen LogP contribution in [-0.2, 0) is 54.3 Å². The number of carbonyl (C=O) groups excluding carboxylic acids is 1. The lowest BCUT2D eigenvalue weighted by Crippen LogP contribution is -2.50. The molecule has 4 aromatic rings. The van der Waals surface area contributed by atoms with Crippen molar-refractivity contribution >= 4 is 58.6 Å². The van der Waals surface area contributed by atoms with Gasteiger partial charge in [0.15, 0.2) is 37.5 Å². The van der Waals surface area contributed by atoms with E-state index in [0.29, 0.717) is 17.0 Å². The Labute approximate surface area is 328 Å². The number of rotatable bonds is 19. The van der Waals surface area contributed by atoms with Crippen molar-refractivity contribution in [3.63, 3.8) is 0 Å². The van der Waals surface area contributed by atoms with Gasteiger partial charge in [0.25, 0.3) is 5.56 Å². The highest BCUT2D eigenvalue weighted by molar-refractivity contribution is 7.48. The second kappa shape index (κ2) is 18.3. The molecule has 0 bridgehead atoms. The number of nitriles is 1. The van der Waals surface area contributed by atoms with Crippen molar-refractivity contribution in [1.29, 1.82) is 5.26 Å². The van der Waals surface area contributed by atoms with E-state index in [1.54, 1.807) is 18.4 Å². The highest BCUT2D eigenvalue weighted by Gasteiger charge is 2.55. The lowest BCUT2D eigenvalue weighted by atomic mass is 10.1. The third-order valence-electron chi connectivity index (χ3n) is 9.47. The summed E-state index contributed by atoms with van der Waals surface area (Å²) in [5, 5.41) is 21.2. The number of hydrogen-bond donors (Lipinski definition) is 4. The van der Waals surface area contributed by atoms with Crippen LogP contribution in [-0.4, -0.2) is 101 Å². The number of anilines is 1. The number of aromatic amines is 1. The summed E-state index contributed by atoms with van der Waals surface area (Å²) in [5.41, 5.74) is 0.125. The fourth-order valence-corrected chi connectivity index (χ4v) is 8.51.